The fourth-order valence-electron chi connectivity index (χ4n) is 3.02. The molecule has 1 N–H and O–H groups in total. The summed E-state index contributed by atoms with van der Waals surface area (Å²) in [6.45, 7) is 16.6. The van der Waals surface area contributed by atoms with Crippen molar-refractivity contribution in [2.24, 2.45) is 11.8 Å². The average molecular weight is 337 g/mol. The Hall–Kier alpha value is -2.06. The van der Waals surface area contributed by atoms with Crippen molar-refractivity contribution < 1.29 is 0 Å². The molecule has 25 heavy (non-hydrogen) atoms. The van der Waals surface area contributed by atoms with E-state index in [1.54, 1.807) is 0 Å². The van der Waals surface area contributed by atoms with E-state index in [4.69, 9.17) is 0 Å². The Morgan fingerprint density at radius 3 is 2.52 bits per heavy atom. The highest BCUT2D eigenvalue weighted by Crippen LogP contribution is 2.26. The van der Waals surface area contributed by atoms with Crippen LogP contribution in [-0.2, 0) is 0 Å². The third-order valence-electron chi connectivity index (χ3n) is 4.70. The molecule has 1 unspecified atom stereocenters. The molecule has 0 aliphatic carbocycles. The zero-order valence-electron chi connectivity index (χ0n) is 16.0. The zero-order chi connectivity index (χ0) is 18.2. The van der Waals surface area contributed by atoms with Gasteiger partial charge in [-0.3, -0.25) is 0 Å². The van der Waals surface area contributed by atoms with Gasteiger partial charge in [-0.05, 0) is 41.0 Å². The number of anilines is 1. The van der Waals surface area contributed by atoms with Gasteiger partial charge in [-0.1, -0.05) is 82.9 Å². The van der Waals surface area contributed by atoms with Crippen molar-refractivity contribution in [1.82, 2.24) is 5.43 Å². The van der Waals surface area contributed by atoms with Crippen molar-refractivity contribution in [3.63, 3.8) is 0 Å². The fraction of sp³-hybridized carbons (Fsp3) is 0.391. The number of nitrogens with zero attached hydrogens (tertiary/aromatic N) is 1. The highest BCUT2D eigenvalue weighted by molar-refractivity contribution is 5.71. The van der Waals surface area contributed by atoms with Crippen LogP contribution in [0.1, 0.15) is 39.2 Å². The second-order valence-electron chi connectivity index (χ2n) is 7.31. The molecule has 0 bridgehead atoms. The Kier molecular flexibility index (Phi) is 7.27. The summed E-state index contributed by atoms with van der Waals surface area (Å²) in [5.74, 6) is 1.41. The van der Waals surface area contributed by atoms with Crippen LogP contribution in [0.2, 0.25) is 0 Å². The number of hydrogen-bond acceptors (Lipinski definition) is 2. The summed E-state index contributed by atoms with van der Waals surface area (Å²) in [6.07, 6.45) is 10.7. The maximum Gasteiger partial charge on any atom is 0.0600 e. The lowest BCUT2D eigenvalue weighted by Crippen LogP contribution is -2.42. The number of hydrazine groups is 1. The summed E-state index contributed by atoms with van der Waals surface area (Å²) < 4.78 is 0. The molecule has 1 heterocycles. The molecule has 0 fully saturated rings. The maximum absolute atomic E-state index is 4.00. The predicted molar refractivity (Wildman–Crippen MR) is 111 cm³/mol. The van der Waals surface area contributed by atoms with Crippen molar-refractivity contribution in [2.75, 3.05) is 18.1 Å². The zero-order valence-corrected chi connectivity index (χ0v) is 16.0. The molecular formula is C23H32N2. The number of benzene rings is 1. The van der Waals surface area contributed by atoms with Gasteiger partial charge in [0, 0.05) is 6.54 Å². The van der Waals surface area contributed by atoms with E-state index in [-0.39, 0.29) is 0 Å². The molecule has 0 aromatic heterocycles. The lowest BCUT2D eigenvalue weighted by molar-refractivity contribution is 0.422. The molecule has 1 aromatic rings. The van der Waals surface area contributed by atoms with Crippen LogP contribution >= 0.6 is 0 Å². The van der Waals surface area contributed by atoms with E-state index >= 15 is 0 Å². The minimum absolute atomic E-state index is 0.644. The molecule has 2 heteroatoms. The first-order valence-corrected chi connectivity index (χ1v) is 9.31. The molecule has 2 nitrogen and oxygen atoms in total. The third-order valence-corrected chi connectivity index (χ3v) is 4.70. The van der Waals surface area contributed by atoms with Crippen LogP contribution in [-0.4, -0.2) is 13.1 Å². The first kappa shape index (κ1) is 19.3. The molecule has 1 aromatic carbocycles. The lowest BCUT2D eigenvalue weighted by atomic mass is 9.99. The summed E-state index contributed by atoms with van der Waals surface area (Å²) in [5.41, 5.74) is 8.39. The number of nitrogens with one attached hydrogen (secondary N) is 1. The number of para-hydroxylation sites is 1. The summed E-state index contributed by atoms with van der Waals surface area (Å²) >= 11 is 0. The Labute approximate surface area is 153 Å². The van der Waals surface area contributed by atoms with Crippen LogP contribution in [0.3, 0.4) is 0 Å². The summed E-state index contributed by atoms with van der Waals surface area (Å²) in [4.78, 5) is 0. The third kappa shape index (κ3) is 5.47. The SMILES string of the molecule is C=CC1=C(\C=C)CN(NCC(C)CCC(C)C)c2ccccc2/C=C\1. The van der Waals surface area contributed by atoms with E-state index in [0.29, 0.717) is 5.92 Å². The van der Waals surface area contributed by atoms with Crippen LogP contribution in [0.25, 0.3) is 6.08 Å². The highest BCUT2D eigenvalue weighted by Gasteiger charge is 2.15. The smallest absolute Gasteiger partial charge is 0.0600 e. The van der Waals surface area contributed by atoms with Gasteiger partial charge in [-0.15, -0.1) is 0 Å². The summed E-state index contributed by atoms with van der Waals surface area (Å²) in [7, 11) is 0. The van der Waals surface area contributed by atoms with E-state index in [1.165, 1.54) is 29.7 Å². The summed E-state index contributed by atoms with van der Waals surface area (Å²) in [5, 5.41) is 2.26. The molecule has 0 saturated carbocycles. The standard InChI is InChI=1S/C23H32N2/c1-6-20-14-15-22-10-8-9-11-23(22)25(17-21(20)7-2)24-16-19(5)13-12-18(3)4/h6-11,14-15,18-19,24H,1-2,12-13,16-17H2,3-5H3/b15-14-,21-20-. The minimum atomic E-state index is 0.644. The van der Waals surface area contributed by atoms with Gasteiger partial charge in [0.05, 0.1) is 12.2 Å². The van der Waals surface area contributed by atoms with Crippen LogP contribution in [0, 0.1) is 11.8 Å². The fourth-order valence-corrected chi connectivity index (χ4v) is 3.02. The largest absolute Gasteiger partial charge is 0.303 e. The molecular weight excluding hydrogens is 304 g/mol. The number of fused-ring (bicyclic) bond motifs is 1. The first-order valence-electron chi connectivity index (χ1n) is 9.31. The normalized spacial score (nSPS) is 19.8. The van der Waals surface area contributed by atoms with Gasteiger partial charge in [-0.25, -0.2) is 5.43 Å². The van der Waals surface area contributed by atoms with Crippen LogP contribution in [0.5, 0.6) is 0 Å². The average Bonchev–Trinajstić information content (AvgIpc) is 2.60. The Bertz CT molecular complexity index is 652. The van der Waals surface area contributed by atoms with Gasteiger partial charge in [0.2, 0.25) is 0 Å². The number of hydrogen-bond donors (Lipinski definition) is 1. The van der Waals surface area contributed by atoms with E-state index in [0.717, 1.165) is 24.6 Å². The molecule has 2 rings (SSSR count). The molecule has 0 saturated heterocycles. The van der Waals surface area contributed by atoms with E-state index in [2.05, 4.69) is 80.8 Å². The van der Waals surface area contributed by atoms with Gasteiger partial charge in [-0.2, -0.15) is 0 Å². The maximum atomic E-state index is 4.00. The Morgan fingerprint density at radius 2 is 1.84 bits per heavy atom. The van der Waals surface area contributed by atoms with Gasteiger partial charge < -0.3 is 5.01 Å². The van der Waals surface area contributed by atoms with Gasteiger partial charge >= 0.3 is 0 Å². The van der Waals surface area contributed by atoms with Crippen LogP contribution in [0.15, 0.2) is 66.8 Å². The van der Waals surface area contributed by atoms with E-state index < -0.39 is 0 Å². The van der Waals surface area contributed by atoms with Gasteiger partial charge in [0.15, 0.2) is 0 Å². The monoisotopic (exact) mass is 336 g/mol. The summed E-state index contributed by atoms with van der Waals surface area (Å²) in [6, 6.07) is 8.50. The van der Waals surface area contributed by atoms with Gasteiger partial charge in [0.25, 0.3) is 0 Å². The highest BCUT2D eigenvalue weighted by atomic mass is 15.5. The minimum Gasteiger partial charge on any atom is -0.303 e. The van der Waals surface area contributed by atoms with Gasteiger partial charge in [0.1, 0.15) is 0 Å². The molecule has 134 valence electrons. The van der Waals surface area contributed by atoms with Crippen molar-refractivity contribution in [1.29, 1.82) is 0 Å². The molecule has 1 aliphatic rings. The lowest BCUT2D eigenvalue weighted by Gasteiger charge is -2.30. The van der Waals surface area contributed by atoms with Crippen molar-refractivity contribution in [3.8, 4) is 0 Å². The van der Waals surface area contributed by atoms with Crippen LogP contribution in [0.4, 0.5) is 5.69 Å². The Morgan fingerprint density at radius 1 is 1.08 bits per heavy atom. The van der Waals surface area contributed by atoms with E-state index in [1.807, 2.05) is 12.2 Å². The molecule has 1 atom stereocenters. The second kappa shape index (κ2) is 9.43. The molecule has 1 aliphatic heterocycles. The number of allylic oxidation sites excluding steroid dienone is 3. The molecule has 0 spiro atoms. The van der Waals surface area contributed by atoms with Crippen molar-refractivity contribution in [2.45, 2.75) is 33.6 Å². The molecule has 0 amide bonds. The Balaban J connectivity index is 2.20. The predicted octanol–water partition coefficient (Wildman–Crippen LogP) is 5.77. The number of rotatable bonds is 8. The van der Waals surface area contributed by atoms with E-state index in [9.17, 15) is 0 Å². The van der Waals surface area contributed by atoms with Crippen molar-refractivity contribution in [3.05, 3.63) is 72.4 Å². The van der Waals surface area contributed by atoms with Crippen molar-refractivity contribution >= 4 is 11.8 Å². The first-order chi connectivity index (χ1) is 12.0. The second-order valence-corrected chi connectivity index (χ2v) is 7.31. The molecule has 0 radical (unpaired) electrons. The topological polar surface area (TPSA) is 15.3 Å². The quantitative estimate of drug-likeness (QED) is 0.649. The van der Waals surface area contributed by atoms with Crippen LogP contribution < -0.4 is 10.4 Å².